The molecule has 0 aromatic heterocycles. The van der Waals surface area contributed by atoms with Gasteiger partial charge in [-0.1, -0.05) is 0 Å². The highest BCUT2D eigenvalue weighted by Crippen LogP contribution is 2.33. The van der Waals surface area contributed by atoms with E-state index in [0.717, 1.165) is 0 Å². The van der Waals surface area contributed by atoms with Crippen molar-refractivity contribution in [2.75, 3.05) is 7.11 Å². The highest BCUT2D eigenvalue weighted by Gasteiger charge is 2.30. The monoisotopic (exact) mass is 376 g/mol. The molecule has 0 heterocycles. The maximum atomic E-state index is 13.7. The molecule has 0 radical (unpaired) electrons. The van der Waals surface area contributed by atoms with E-state index in [0.29, 0.717) is 7.11 Å². The molecule has 2 aromatic carbocycles. The van der Waals surface area contributed by atoms with Crippen LogP contribution in [0.4, 0.5) is 39.5 Å². The van der Waals surface area contributed by atoms with Crippen LogP contribution in [-0.4, -0.2) is 7.11 Å². The van der Waals surface area contributed by atoms with Gasteiger partial charge in [0.15, 0.2) is 23.1 Å². The van der Waals surface area contributed by atoms with Crippen molar-refractivity contribution in [1.82, 2.24) is 0 Å². The Kier molecular flexibility index (Phi) is 5.04. The zero-order valence-corrected chi connectivity index (χ0v) is 11.9. The van der Waals surface area contributed by atoms with Gasteiger partial charge in [0.05, 0.1) is 12.7 Å². The van der Waals surface area contributed by atoms with Crippen molar-refractivity contribution in [3.63, 3.8) is 0 Å². The molecule has 136 valence electrons. The van der Waals surface area contributed by atoms with Gasteiger partial charge in [-0.2, -0.15) is 17.6 Å². The average Bonchev–Trinajstić information content (AvgIpc) is 2.59. The molecule has 0 aliphatic heterocycles. The Hall–Kier alpha value is -2.59. The van der Waals surface area contributed by atoms with Crippen LogP contribution < -0.4 is 9.47 Å². The second-order valence-corrected chi connectivity index (χ2v) is 4.46. The molecule has 0 bridgehead atoms. The summed E-state index contributed by atoms with van der Waals surface area (Å²) in [5.74, 6) is -23.4. The van der Waals surface area contributed by atoms with Gasteiger partial charge in [0.2, 0.25) is 40.7 Å². The topological polar surface area (TPSA) is 18.5 Å². The summed E-state index contributed by atoms with van der Waals surface area (Å²) in [5.41, 5.74) is -1.49. The summed E-state index contributed by atoms with van der Waals surface area (Å²) in [5, 5.41) is 0. The molecule has 0 amide bonds. The Balaban J connectivity index is 2.48. The van der Waals surface area contributed by atoms with Gasteiger partial charge in [-0.25, -0.2) is 22.0 Å². The van der Waals surface area contributed by atoms with Crippen LogP contribution in [0.15, 0.2) is 0 Å². The molecule has 2 rings (SSSR count). The van der Waals surface area contributed by atoms with Crippen molar-refractivity contribution < 1.29 is 49.0 Å². The quantitative estimate of drug-likeness (QED) is 0.444. The highest BCUT2D eigenvalue weighted by atomic mass is 19.2. The molecule has 0 spiro atoms. The van der Waals surface area contributed by atoms with Crippen LogP contribution in [0, 0.1) is 52.4 Å². The third kappa shape index (κ3) is 2.94. The minimum Gasteiger partial charge on any atom is -0.491 e. The predicted octanol–water partition coefficient (Wildman–Crippen LogP) is 4.53. The van der Waals surface area contributed by atoms with Crippen molar-refractivity contribution >= 4 is 0 Å². The molecule has 0 saturated carbocycles. The van der Waals surface area contributed by atoms with Crippen LogP contribution in [0.2, 0.25) is 0 Å². The van der Waals surface area contributed by atoms with Gasteiger partial charge in [-0.15, -0.1) is 0 Å². The van der Waals surface area contributed by atoms with Crippen LogP contribution in [0.3, 0.4) is 0 Å². The molecule has 0 aliphatic rings. The molecular weight excluding hydrogens is 371 g/mol. The van der Waals surface area contributed by atoms with E-state index < -0.39 is 76.0 Å². The molecule has 25 heavy (non-hydrogen) atoms. The first-order chi connectivity index (χ1) is 11.6. The summed E-state index contributed by atoms with van der Waals surface area (Å²) in [7, 11) is 0.714. The van der Waals surface area contributed by atoms with Gasteiger partial charge in [-0.05, 0) is 0 Å². The molecule has 0 atom stereocenters. The second-order valence-electron chi connectivity index (χ2n) is 4.46. The second kappa shape index (κ2) is 6.73. The summed E-state index contributed by atoms with van der Waals surface area (Å²) >= 11 is 0. The van der Waals surface area contributed by atoms with Gasteiger partial charge in [0.25, 0.3) is 0 Å². The SMILES string of the molecule is COc1c(F)c(F)c(COc2c(F)c(F)c(F)c(F)c2F)c(F)c1F. The Morgan fingerprint density at radius 2 is 0.880 bits per heavy atom. The Bertz CT molecular complexity index is 793. The van der Waals surface area contributed by atoms with E-state index in [9.17, 15) is 39.5 Å². The van der Waals surface area contributed by atoms with Crippen molar-refractivity contribution in [2.45, 2.75) is 6.61 Å². The standard InChI is InChI=1S/C14H5F9O2/c1-24-13-9(20)4(15)3(5(16)10(13)21)2-25-14-11(22)7(18)6(17)8(19)12(14)23/h2H2,1H3. The van der Waals surface area contributed by atoms with Crippen molar-refractivity contribution in [3.8, 4) is 11.5 Å². The van der Waals surface area contributed by atoms with E-state index in [-0.39, 0.29) is 0 Å². The average molecular weight is 376 g/mol. The van der Waals surface area contributed by atoms with E-state index in [1.54, 1.807) is 0 Å². The fourth-order valence-corrected chi connectivity index (χ4v) is 1.82. The maximum absolute atomic E-state index is 13.7. The van der Waals surface area contributed by atoms with Crippen LogP contribution in [-0.2, 0) is 6.61 Å². The molecule has 0 unspecified atom stereocenters. The molecule has 11 heteroatoms. The normalized spacial score (nSPS) is 11.0. The first kappa shape index (κ1) is 18.7. The Morgan fingerprint density at radius 3 is 1.28 bits per heavy atom. The van der Waals surface area contributed by atoms with Crippen molar-refractivity contribution in [1.29, 1.82) is 0 Å². The first-order valence-electron chi connectivity index (χ1n) is 6.16. The number of hydrogen-bond donors (Lipinski definition) is 0. The lowest BCUT2D eigenvalue weighted by Crippen LogP contribution is -2.12. The smallest absolute Gasteiger partial charge is 0.207 e. The van der Waals surface area contributed by atoms with Crippen LogP contribution in [0.5, 0.6) is 11.5 Å². The molecule has 2 aromatic rings. The molecule has 0 N–H and O–H groups in total. The zero-order chi connectivity index (χ0) is 19.0. The number of methoxy groups -OCH3 is 1. The minimum atomic E-state index is -2.48. The first-order valence-corrected chi connectivity index (χ1v) is 6.16. The van der Waals surface area contributed by atoms with Gasteiger partial charge >= 0.3 is 0 Å². The third-order valence-corrected chi connectivity index (χ3v) is 3.05. The minimum absolute atomic E-state index is 0.714. The fourth-order valence-electron chi connectivity index (χ4n) is 1.82. The lowest BCUT2D eigenvalue weighted by molar-refractivity contribution is 0.239. The van der Waals surface area contributed by atoms with Gasteiger partial charge < -0.3 is 9.47 Å². The largest absolute Gasteiger partial charge is 0.491 e. The van der Waals surface area contributed by atoms with Crippen LogP contribution in [0.1, 0.15) is 5.56 Å². The third-order valence-electron chi connectivity index (χ3n) is 3.05. The number of hydrogen-bond acceptors (Lipinski definition) is 2. The Labute approximate surface area is 133 Å². The van der Waals surface area contributed by atoms with Crippen LogP contribution >= 0.6 is 0 Å². The maximum Gasteiger partial charge on any atom is 0.207 e. The summed E-state index contributed by atoms with van der Waals surface area (Å²) in [6.07, 6.45) is 0. The molecule has 0 saturated heterocycles. The summed E-state index contributed by atoms with van der Waals surface area (Å²) in [4.78, 5) is 0. The molecule has 0 fully saturated rings. The van der Waals surface area contributed by atoms with Gasteiger partial charge in [0, 0.05) is 0 Å². The molecule has 2 nitrogen and oxygen atoms in total. The lowest BCUT2D eigenvalue weighted by Gasteiger charge is -2.13. The number of halogens is 9. The van der Waals surface area contributed by atoms with Crippen LogP contribution in [0.25, 0.3) is 0 Å². The number of ether oxygens (including phenoxy) is 2. The van der Waals surface area contributed by atoms with Gasteiger partial charge in [0.1, 0.15) is 6.61 Å². The van der Waals surface area contributed by atoms with E-state index in [1.807, 2.05) is 0 Å². The molecule has 0 aliphatic carbocycles. The zero-order valence-electron chi connectivity index (χ0n) is 11.9. The number of rotatable bonds is 4. The lowest BCUT2D eigenvalue weighted by atomic mass is 10.1. The summed E-state index contributed by atoms with van der Waals surface area (Å²) in [6.45, 7) is -1.58. The van der Waals surface area contributed by atoms with E-state index in [4.69, 9.17) is 0 Å². The Morgan fingerprint density at radius 1 is 0.520 bits per heavy atom. The number of benzene rings is 2. The molecular formula is C14H5F9O2. The van der Waals surface area contributed by atoms with E-state index >= 15 is 0 Å². The van der Waals surface area contributed by atoms with Crippen molar-refractivity contribution in [2.24, 2.45) is 0 Å². The van der Waals surface area contributed by atoms with E-state index in [2.05, 4.69) is 9.47 Å². The van der Waals surface area contributed by atoms with Gasteiger partial charge in [-0.3, -0.25) is 0 Å². The summed E-state index contributed by atoms with van der Waals surface area (Å²) in [6, 6.07) is 0. The van der Waals surface area contributed by atoms with Crippen molar-refractivity contribution in [3.05, 3.63) is 57.9 Å². The fraction of sp³-hybridized carbons (Fsp3) is 0.143. The summed E-state index contributed by atoms with van der Waals surface area (Å²) < 4.78 is 128. The van der Waals surface area contributed by atoms with E-state index in [1.165, 1.54) is 0 Å². The highest BCUT2D eigenvalue weighted by molar-refractivity contribution is 5.35. The predicted molar refractivity (Wildman–Crippen MR) is 63.4 cm³/mol.